The Balaban J connectivity index is 4.88. The highest BCUT2D eigenvalue weighted by atomic mass is 35.5. The lowest BCUT2D eigenvalue weighted by molar-refractivity contribution is -0.125. The van der Waals surface area contributed by atoms with Gasteiger partial charge in [0.2, 0.25) is 5.24 Å². The summed E-state index contributed by atoms with van der Waals surface area (Å²) >= 11 is 5.53. The summed E-state index contributed by atoms with van der Waals surface area (Å²) in [5, 5.41) is -0.291. The second-order valence-corrected chi connectivity index (χ2v) is 4.70. The number of carbonyl (C=O) groups is 1. The Bertz CT molecular complexity index is 185. The quantitative estimate of drug-likeness (QED) is 0.637. The average Bonchev–Trinajstić information content (AvgIpc) is 1.86. The van der Waals surface area contributed by atoms with Crippen molar-refractivity contribution in [2.75, 3.05) is 14.1 Å². The van der Waals surface area contributed by atoms with Crippen LogP contribution in [-0.4, -0.2) is 29.8 Å². The van der Waals surface area contributed by atoms with Crippen LogP contribution in [0.15, 0.2) is 0 Å². The summed E-state index contributed by atoms with van der Waals surface area (Å²) in [5.41, 5.74) is -0.760. The number of hydrogen-bond donors (Lipinski definition) is 0. The number of nitrogens with zero attached hydrogens (tertiary/aromatic N) is 1. The van der Waals surface area contributed by atoms with Gasteiger partial charge in [-0.2, -0.15) is 0 Å². The van der Waals surface area contributed by atoms with Crippen molar-refractivity contribution in [2.24, 2.45) is 5.41 Å². The molecule has 0 aliphatic carbocycles. The van der Waals surface area contributed by atoms with E-state index in [0.29, 0.717) is 0 Å². The van der Waals surface area contributed by atoms with Crippen molar-refractivity contribution in [2.45, 2.75) is 33.2 Å². The van der Waals surface area contributed by atoms with Crippen molar-refractivity contribution in [3.8, 4) is 0 Å². The van der Waals surface area contributed by atoms with E-state index in [2.05, 4.69) is 0 Å². The molecule has 0 aliphatic rings. The number of carbonyl (C=O) groups excluding carboxylic acids is 1. The molecule has 0 amide bonds. The van der Waals surface area contributed by atoms with Crippen molar-refractivity contribution < 1.29 is 4.79 Å². The molecule has 0 unspecified atom stereocenters. The Labute approximate surface area is 79.9 Å². The van der Waals surface area contributed by atoms with Gasteiger partial charge in [0.05, 0.1) is 5.41 Å². The van der Waals surface area contributed by atoms with Crippen LogP contribution in [-0.2, 0) is 4.79 Å². The molecule has 0 N–H and O–H groups in total. The van der Waals surface area contributed by atoms with Crippen LogP contribution in [0.4, 0.5) is 0 Å². The van der Waals surface area contributed by atoms with Crippen LogP contribution in [0.1, 0.15) is 27.7 Å². The fraction of sp³-hybridized carbons (Fsp3) is 0.889. The van der Waals surface area contributed by atoms with Crippen LogP contribution < -0.4 is 0 Å². The Morgan fingerprint density at radius 1 is 1.17 bits per heavy atom. The van der Waals surface area contributed by atoms with E-state index in [1.54, 1.807) is 0 Å². The topological polar surface area (TPSA) is 20.3 Å². The van der Waals surface area contributed by atoms with Crippen molar-refractivity contribution in [3.63, 3.8) is 0 Å². The summed E-state index contributed by atoms with van der Waals surface area (Å²) in [7, 11) is 3.89. The molecular formula is C9H18ClNO. The van der Waals surface area contributed by atoms with Crippen molar-refractivity contribution in [3.05, 3.63) is 0 Å². The van der Waals surface area contributed by atoms with Crippen molar-refractivity contribution in [1.29, 1.82) is 0 Å². The SMILES string of the molecule is CN(C)C(C)(C)C(C)(C)C(=O)Cl. The minimum absolute atomic E-state index is 0.230. The van der Waals surface area contributed by atoms with E-state index in [1.807, 2.05) is 46.7 Å². The number of hydrogen-bond acceptors (Lipinski definition) is 2. The lowest BCUT2D eigenvalue weighted by atomic mass is 9.75. The van der Waals surface area contributed by atoms with Crippen LogP contribution in [0.25, 0.3) is 0 Å². The maximum absolute atomic E-state index is 11.2. The summed E-state index contributed by atoms with van der Waals surface area (Å²) in [6, 6.07) is 0. The maximum atomic E-state index is 11.2. The van der Waals surface area contributed by atoms with E-state index in [4.69, 9.17) is 11.6 Å². The van der Waals surface area contributed by atoms with Crippen LogP contribution in [0.3, 0.4) is 0 Å². The lowest BCUT2D eigenvalue weighted by Gasteiger charge is -2.43. The average molecular weight is 192 g/mol. The summed E-state index contributed by atoms with van der Waals surface area (Å²) in [5.74, 6) is 0. The van der Waals surface area contributed by atoms with Gasteiger partial charge in [0.15, 0.2) is 0 Å². The zero-order valence-corrected chi connectivity index (χ0v) is 9.49. The highest BCUT2D eigenvalue weighted by Gasteiger charge is 2.43. The summed E-state index contributed by atoms with van der Waals surface area (Å²) in [4.78, 5) is 13.2. The zero-order chi connectivity index (χ0) is 10.2. The molecule has 2 nitrogen and oxygen atoms in total. The normalized spacial score (nSPS) is 13.7. The van der Waals surface area contributed by atoms with E-state index in [-0.39, 0.29) is 10.8 Å². The summed E-state index contributed by atoms with van der Waals surface area (Å²) in [6.45, 7) is 7.74. The van der Waals surface area contributed by atoms with Crippen LogP contribution in [0.2, 0.25) is 0 Å². The smallest absolute Gasteiger partial charge is 0.229 e. The van der Waals surface area contributed by atoms with Gasteiger partial charge in [-0.1, -0.05) is 0 Å². The Kier molecular flexibility index (Phi) is 3.32. The van der Waals surface area contributed by atoms with Gasteiger partial charge in [-0.3, -0.25) is 4.79 Å². The van der Waals surface area contributed by atoms with Crippen LogP contribution in [0.5, 0.6) is 0 Å². The van der Waals surface area contributed by atoms with Crippen LogP contribution >= 0.6 is 11.6 Å². The predicted octanol–water partition coefficient (Wildman–Crippen LogP) is 2.12. The largest absolute Gasteiger partial charge is 0.303 e. The monoisotopic (exact) mass is 191 g/mol. The second-order valence-electron chi connectivity index (χ2n) is 4.35. The third-order valence-electron chi connectivity index (χ3n) is 3.14. The molecule has 0 aromatic rings. The van der Waals surface area contributed by atoms with Gasteiger partial charge in [0.25, 0.3) is 0 Å². The first-order chi connectivity index (χ1) is 5.14. The summed E-state index contributed by atoms with van der Waals surface area (Å²) in [6.07, 6.45) is 0. The molecule has 3 heteroatoms. The highest BCUT2D eigenvalue weighted by Crippen LogP contribution is 2.36. The molecule has 0 radical (unpaired) electrons. The van der Waals surface area contributed by atoms with E-state index in [0.717, 1.165) is 0 Å². The first-order valence-corrected chi connectivity index (χ1v) is 4.39. The van der Waals surface area contributed by atoms with E-state index < -0.39 is 5.41 Å². The van der Waals surface area contributed by atoms with E-state index >= 15 is 0 Å². The molecule has 0 saturated carbocycles. The molecule has 0 aromatic heterocycles. The molecule has 0 fully saturated rings. The number of rotatable bonds is 3. The molecule has 0 heterocycles. The Morgan fingerprint density at radius 2 is 1.50 bits per heavy atom. The first-order valence-electron chi connectivity index (χ1n) is 4.01. The molecule has 0 rings (SSSR count). The predicted molar refractivity (Wildman–Crippen MR) is 52.4 cm³/mol. The minimum atomic E-state index is -0.530. The van der Waals surface area contributed by atoms with Crippen LogP contribution in [0, 0.1) is 5.41 Å². The minimum Gasteiger partial charge on any atom is -0.303 e. The maximum Gasteiger partial charge on any atom is 0.229 e. The third-order valence-corrected chi connectivity index (χ3v) is 3.61. The van der Waals surface area contributed by atoms with Gasteiger partial charge in [-0.05, 0) is 53.4 Å². The second kappa shape index (κ2) is 3.35. The van der Waals surface area contributed by atoms with Gasteiger partial charge >= 0.3 is 0 Å². The fourth-order valence-corrected chi connectivity index (χ4v) is 1.03. The zero-order valence-electron chi connectivity index (χ0n) is 8.73. The van der Waals surface area contributed by atoms with E-state index in [1.165, 1.54) is 0 Å². The Morgan fingerprint density at radius 3 is 1.58 bits per heavy atom. The number of halogens is 1. The summed E-state index contributed by atoms with van der Waals surface area (Å²) < 4.78 is 0. The third kappa shape index (κ3) is 1.80. The fourth-order valence-electron chi connectivity index (χ4n) is 0.800. The molecule has 0 bridgehead atoms. The Hall–Kier alpha value is -0.0800. The molecule has 0 atom stereocenters. The molecule has 72 valence electrons. The van der Waals surface area contributed by atoms with Gasteiger partial charge < -0.3 is 4.90 Å². The van der Waals surface area contributed by atoms with Gasteiger partial charge in [-0.25, -0.2) is 0 Å². The van der Waals surface area contributed by atoms with Crippen molar-refractivity contribution in [1.82, 2.24) is 4.90 Å². The molecule has 0 aromatic carbocycles. The molecule has 0 spiro atoms. The lowest BCUT2D eigenvalue weighted by Crippen LogP contribution is -2.53. The van der Waals surface area contributed by atoms with E-state index in [9.17, 15) is 4.79 Å². The van der Waals surface area contributed by atoms with Crippen molar-refractivity contribution >= 4 is 16.8 Å². The first kappa shape index (κ1) is 11.9. The highest BCUT2D eigenvalue weighted by molar-refractivity contribution is 6.64. The molecule has 0 aliphatic heterocycles. The standard InChI is InChI=1S/C9H18ClNO/c1-8(2,7(10)12)9(3,4)11(5)6/h1-6H3. The van der Waals surface area contributed by atoms with Gasteiger partial charge in [-0.15, -0.1) is 0 Å². The van der Waals surface area contributed by atoms with Gasteiger partial charge in [0.1, 0.15) is 0 Å². The molecule has 12 heavy (non-hydrogen) atoms. The van der Waals surface area contributed by atoms with Gasteiger partial charge in [0, 0.05) is 5.54 Å². The molecular weight excluding hydrogens is 174 g/mol. The molecule has 0 saturated heterocycles.